The molecule has 0 bridgehead atoms. The fourth-order valence-electron chi connectivity index (χ4n) is 3.03. The van der Waals surface area contributed by atoms with Crippen molar-refractivity contribution < 1.29 is 0 Å². The highest BCUT2D eigenvalue weighted by Gasteiger charge is 2.19. The summed E-state index contributed by atoms with van der Waals surface area (Å²) in [6.07, 6.45) is 2.55. The third-order valence-electron chi connectivity index (χ3n) is 4.50. The number of aromatic nitrogens is 6. The van der Waals surface area contributed by atoms with Gasteiger partial charge in [-0.15, -0.1) is 5.10 Å². The molecule has 138 valence electrons. The molecule has 0 aliphatic carbocycles. The Bertz CT molecular complexity index is 1150. The van der Waals surface area contributed by atoms with Crippen molar-refractivity contribution in [1.29, 1.82) is 5.26 Å². The van der Waals surface area contributed by atoms with Crippen LogP contribution >= 0.6 is 11.6 Å². The molecule has 0 N–H and O–H groups in total. The second-order valence-electron chi connectivity index (χ2n) is 6.21. The normalized spacial score (nSPS) is 10.8. The predicted molar refractivity (Wildman–Crippen MR) is 105 cm³/mol. The monoisotopic (exact) mass is 389 g/mol. The van der Waals surface area contributed by atoms with E-state index in [9.17, 15) is 0 Å². The Balaban J connectivity index is 1.69. The van der Waals surface area contributed by atoms with Gasteiger partial charge < -0.3 is 0 Å². The highest BCUT2D eigenvalue weighted by atomic mass is 35.5. The lowest BCUT2D eigenvalue weighted by Gasteiger charge is -2.09. The topological polar surface area (TPSA) is 85.2 Å². The Morgan fingerprint density at radius 1 is 1.11 bits per heavy atom. The van der Waals surface area contributed by atoms with Gasteiger partial charge in [0.25, 0.3) is 0 Å². The SMILES string of the molecule is CCc1ccccc1-n1ncc(-c2nnnn2Cc2ccc(C#N)cc2)c1Cl. The molecule has 2 heterocycles. The third kappa shape index (κ3) is 3.26. The number of hydrogen-bond donors (Lipinski definition) is 0. The van der Waals surface area contributed by atoms with Gasteiger partial charge in [-0.2, -0.15) is 10.4 Å². The van der Waals surface area contributed by atoms with Gasteiger partial charge >= 0.3 is 0 Å². The van der Waals surface area contributed by atoms with Crippen molar-refractivity contribution in [3.63, 3.8) is 0 Å². The average Bonchev–Trinajstić information content (AvgIpc) is 3.34. The van der Waals surface area contributed by atoms with Crippen molar-refractivity contribution in [1.82, 2.24) is 30.0 Å². The van der Waals surface area contributed by atoms with Crippen molar-refractivity contribution in [3.05, 3.63) is 76.6 Å². The number of nitriles is 1. The lowest BCUT2D eigenvalue weighted by Crippen LogP contribution is -2.05. The Kier molecular flexibility index (Phi) is 4.87. The van der Waals surface area contributed by atoms with Gasteiger partial charge in [-0.25, -0.2) is 9.36 Å². The molecule has 0 atom stereocenters. The van der Waals surface area contributed by atoms with Crippen LogP contribution in [0.2, 0.25) is 5.15 Å². The lowest BCUT2D eigenvalue weighted by molar-refractivity contribution is 0.653. The minimum Gasteiger partial charge on any atom is -0.221 e. The summed E-state index contributed by atoms with van der Waals surface area (Å²) in [4.78, 5) is 0. The maximum Gasteiger partial charge on any atom is 0.187 e. The van der Waals surface area contributed by atoms with Gasteiger partial charge in [0, 0.05) is 0 Å². The van der Waals surface area contributed by atoms with E-state index in [1.54, 1.807) is 27.7 Å². The summed E-state index contributed by atoms with van der Waals surface area (Å²) in [5.41, 5.74) is 4.34. The first-order valence-electron chi connectivity index (χ1n) is 8.78. The molecule has 0 aliphatic rings. The summed E-state index contributed by atoms with van der Waals surface area (Å²) < 4.78 is 3.37. The van der Waals surface area contributed by atoms with E-state index in [1.807, 2.05) is 30.3 Å². The molecule has 2 aromatic heterocycles. The van der Waals surface area contributed by atoms with Crippen LogP contribution in [-0.2, 0) is 13.0 Å². The number of para-hydroxylation sites is 1. The summed E-state index contributed by atoms with van der Waals surface area (Å²) in [5.74, 6) is 0.537. The van der Waals surface area contributed by atoms with Crippen LogP contribution < -0.4 is 0 Å². The number of hydrogen-bond acceptors (Lipinski definition) is 5. The Morgan fingerprint density at radius 2 is 1.89 bits per heavy atom. The third-order valence-corrected chi connectivity index (χ3v) is 4.86. The summed E-state index contributed by atoms with van der Waals surface area (Å²) >= 11 is 6.65. The molecule has 0 fully saturated rings. The Hall–Kier alpha value is -3.50. The maximum absolute atomic E-state index is 8.93. The van der Waals surface area contributed by atoms with Crippen LogP contribution in [0.1, 0.15) is 23.6 Å². The molecule has 28 heavy (non-hydrogen) atoms. The molecule has 4 aromatic rings. The minimum atomic E-state index is 0.455. The molecule has 7 nitrogen and oxygen atoms in total. The molecule has 0 radical (unpaired) electrons. The van der Waals surface area contributed by atoms with Crippen LogP contribution in [0.4, 0.5) is 0 Å². The number of aryl methyl sites for hydroxylation is 1. The van der Waals surface area contributed by atoms with Crippen molar-refractivity contribution in [3.8, 4) is 23.1 Å². The highest BCUT2D eigenvalue weighted by molar-refractivity contribution is 6.32. The number of rotatable bonds is 5. The Labute approximate surface area is 166 Å². The molecule has 0 saturated carbocycles. The first kappa shape index (κ1) is 17.9. The maximum atomic E-state index is 8.93. The van der Waals surface area contributed by atoms with Gasteiger partial charge in [0.05, 0.1) is 35.6 Å². The van der Waals surface area contributed by atoms with Crippen LogP contribution in [0.15, 0.2) is 54.7 Å². The predicted octanol–water partition coefficient (Wildman–Crippen LogP) is 3.66. The van der Waals surface area contributed by atoms with E-state index in [-0.39, 0.29) is 0 Å². The van der Waals surface area contributed by atoms with Gasteiger partial charge in [0.15, 0.2) is 5.82 Å². The second kappa shape index (κ2) is 7.62. The van der Waals surface area contributed by atoms with Crippen molar-refractivity contribution in [2.45, 2.75) is 19.9 Å². The van der Waals surface area contributed by atoms with E-state index >= 15 is 0 Å². The quantitative estimate of drug-likeness (QED) is 0.520. The van der Waals surface area contributed by atoms with E-state index in [0.717, 1.165) is 23.2 Å². The first-order valence-corrected chi connectivity index (χ1v) is 9.16. The molecule has 0 unspecified atom stereocenters. The first-order chi connectivity index (χ1) is 13.7. The molecule has 0 amide bonds. The lowest BCUT2D eigenvalue weighted by atomic mass is 10.1. The summed E-state index contributed by atoms with van der Waals surface area (Å²) in [6, 6.07) is 17.4. The van der Waals surface area contributed by atoms with Crippen molar-refractivity contribution >= 4 is 11.6 Å². The zero-order valence-corrected chi connectivity index (χ0v) is 15.9. The second-order valence-corrected chi connectivity index (χ2v) is 6.57. The van der Waals surface area contributed by atoms with E-state index in [1.165, 1.54) is 0 Å². The molecule has 0 saturated heterocycles. The molecule has 0 aliphatic heterocycles. The molecule has 0 spiro atoms. The molecular formula is C20H16ClN7. The fraction of sp³-hybridized carbons (Fsp3) is 0.150. The smallest absolute Gasteiger partial charge is 0.187 e. The Morgan fingerprint density at radius 3 is 2.64 bits per heavy atom. The summed E-state index contributed by atoms with van der Waals surface area (Å²) in [6.45, 7) is 2.55. The average molecular weight is 390 g/mol. The number of halogens is 1. The molecule has 8 heteroatoms. The zero-order valence-electron chi connectivity index (χ0n) is 15.1. The summed E-state index contributed by atoms with van der Waals surface area (Å²) in [7, 11) is 0. The number of nitrogens with zero attached hydrogens (tertiary/aromatic N) is 7. The largest absolute Gasteiger partial charge is 0.221 e. The number of benzene rings is 2. The van der Waals surface area contributed by atoms with Crippen molar-refractivity contribution in [2.24, 2.45) is 0 Å². The zero-order chi connectivity index (χ0) is 19.5. The molecule has 2 aromatic carbocycles. The minimum absolute atomic E-state index is 0.455. The molecule has 4 rings (SSSR count). The van der Waals surface area contributed by atoms with Gasteiger partial charge in [-0.3, -0.25) is 0 Å². The standard InChI is InChI=1S/C20H16ClN7/c1-2-16-5-3-4-6-18(16)28-19(21)17(12-23-28)20-24-25-26-27(20)13-15-9-7-14(11-22)8-10-15/h3-10,12H,2,13H2,1H3. The van der Waals surface area contributed by atoms with Crippen LogP contribution in [0, 0.1) is 11.3 Å². The highest BCUT2D eigenvalue weighted by Crippen LogP contribution is 2.29. The van der Waals surface area contributed by atoms with E-state index in [2.05, 4.69) is 39.7 Å². The van der Waals surface area contributed by atoms with Gasteiger partial charge in [0.1, 0.15) is 5.15 Å². The van der Waals surface area contributed by atoms with Gasteiger partial charge in [-0.1, -0.05) is 48.9 Å². The van der Waals surface area contributed by atoms with Gasteiger partial charge in [0.2, 0.25) is 0 Å². The van der Waals surface area contributed by atoms with Crippen LogP contribution in [0.5, 0.6) is 0 Å². The van der Waals surface area contributed by atoms with Crippen LogP contribution in [0.25, 0.3) is 17.1 Å². The van der Waals surface area contributed by atoms with Crippen LogP contribution in [-0.4, -0.2) is 30.0 Å². The van der Waals surface area contributed by atoms with Crippen molar-refractivity contribution in [2.75, 3.05) is 0 Å². The van der Waals surface area contributed by atoms with E-state index in [4.69, 9.17) is 16.9 Å². The van der Waals surface area contributed by atoms with Crippen LogP contribution in [0.3, 0.4) is 0 Å². The number of tetrazole rings is 1. The molecular weight excluding hydrogens is 374 g/mol. The van der Waals surface area contributed by atoms with E-state index < -0.39 is 0 Å². The van der Waals surface area contributed by atoms with Gasteiger partial charge in [-0.05, 0) is 46.2 Å². The van der Waals surface area contributed by atoms with E-state index in [0.29, 0.717) is 28.6 Å². The summed E-state index contributed by atoms with van der Waals surface area (Å²) in [5, 5.41) is 25.9. The fourth-order valence-corrected chi connectivity index (χ4v) is 3.30.